The van der Waals surface area contributed by atoms with Crippen LogP contribution in [0.5, 0.6) is 0 Å². The SMILES string of the molecule is Cc1cn2cc(C(=O)O)nc2nc1C. The Hall–Kier alpha value is -1.91. The molecule has 0 fully saturated rings. The maximum atomic E-state index is 10.6. The fraction of sp³-hybridized carbons (Fsp3) is 0.222. The van der Waals surface area contributed by atoms with Crippen LogP contribution in [-0.2, 0) is 0 Å². The molecule has 0 saturated carbocycles. The van der Waals surface area contributed by atoms with E-state index in [0.717, 1.165) is 11.3 Å². The van der Waals surface area contributed by atoms with Crippen LogP contribution in [-0.4, -0.2) is 25.4 Å². The Morgan fingerprint density at radius 3 is 2.71 bits per heavy atom. The highest BCUT2D eigenvalue weighted by Gasteiger charge is 2.09. The van der Waals surface area contributed by atoms with Gasteiger partial charge >= 0.3 is 5.97 Å². The average Bonchev–Trinajstić information content (AvgIpc) is 2.48. The molecule has 0 spiro atoms. The highest BCUT2D eigenvalue weighted by Crippen LogP contribution is 2.07. The highest BCUT2D eigenvalue weighted by molar-refractivity contribution is 5.85. The van der Waals surface area contributed by atoms with Gasteiger partial charge in [-0.15, -0.1) is 0 Å². The van der Waals surface area contributed by atoms with Crippen molar-refractivity contribution in [1.29, 1.82) is 0 Å². The monoisotopic (exact) mass is 191 g/mol. The van der Waals surface area contributed by atoms with Crippen LogP contribution in [0.15, 0.2) is 12.4 Å². The van der Waals surface area contributed by atoms with E-state index in [0.29, 0.717) is 5.78 Å². The lowest BCUT2D eigenvalue weighted by Gasteiger charge is -1.98. The van der Waals surface area contributed by atoms with Gasteiger partial charge in [0.2, 0.25) is 5.78 Å². The smallest absolute Gasteiger partial charge is 0.356 e. The molecule has 0 aliphatic heterocycles. The lowest BCUT2D eigenvalue weighted by molar-refractivity contribution is 0.0691. The molecule has 5 heteroatoms. The van der Waals surface area contributed by atoms with Crippen molar-refractivity contribution in [2.75, 3.05) is 0 Å². The number of carboxylic acids is 1. The van der Waals surface area contributed by atoms with E-state index in [9.17, 15) is 4.79 Å². The van der Waals surface area contributed by atoms with Crippen molar-refractivity contribution in [2.24, 2.45) is 0 Å². The van der Waals surface area contributed by atoms with E-state index in [4.69, 9.17) is 5.11 Å². The zero-order chi connectivity index (χ0) is 10.3. The predicted octanol–water partition coefficient (Wildman–Crippen LogP) is 1.04. The molecule has 0 aliphatic carbocycles. The maximum Gasteiger partial charge on any atom is 0.356 e. The average molecular weight is 191 g/mol. The van der Waals surface area contributed by atoms with Crippen LogP contribution in [0.4, 0.5) is 0 Å². The first kappa shape index (κ1) is 8.68. The van der Waals surface area contributed by atoms with Gasteiger partial charge in [0, 0.05) is 18.1 Å². The van der Waals surface area contributed by atoms with E-state index in [2.05, 4.69) is 9.97 Å². The minimum Gasteiger partial charge on any atom is -0.476 e. The van der Waals surface area contributed by atoms with Crippen LogP contribution in [0.3, 0.4) is 0 Å². The quantitative estimate of drug-likeness (QED) is 0.731. The zero-order valence-corrected chi connectivity index (χ0v) is 7.85. The third-order valence-corrected chi connectivity index (χ3v) is 2.10. The molecule has 5 nitrogen and oxygen atoms in total. The molecule has 0 atom stereocenters. The number of carbonyl (C=O) groups is 1. The van der Waals surface area contributed by atoms with Gasteiger partial charge in [-0.1, -0.05) is 0 Å². The number of aromatic carboxylic acids is 1. The molecule has 2 rings (SSSR count). The zero-order valence-electron chi connectivity index (χ0n) is 7.85. The largest absolute Gasteiger partial charge is 0.476 e. The fourth-order valence-electron chi connectivity index (χ4n) is 1.20. The topological polar surface area (TPSA) is 67.5 Å². The molecule has 2 heterocycles. The van der Waals surface area contributed by atoms with Gasteiger partial charge in [0.15, 0.2) is 5.69 Å². The molecule has 0 radical (unpaired) electrons. The summed E-state index contributed by atoms with van der Waals surface area (Å²) in [7, 11) is 0. The number of rotatable bonds is 1. The van der Waals surface area contributed by atoms with Crippen LogP contribution < -0.4 is 0 Å². The highest BCUT2D eigenvalue weighted by atomic mass is 16.4. The minimum absolute atomic E-state index is 0.0162. The second kappa shape index (κ2) is 2.80. The van der Waals surface area contributed by atoms with Gasteiger partial charge in [-0.05, 0) is 19.4 Å². The number of nitrogens with zero attached hydrogens (tertiary/aromatic N) is 3. The van der Waals surface area contributed by atoms with Crippen molar-refractivity contribution >= 4 is 11.7 Å². The Morgan fingerprint density at radius 1 is 1.36 bits per heavy atom. The summed E-state index contributed by atoms with van der Waals surface area (Å²) in [6.07, 6.45) is 3.27. The van der Waals surface area contributed by atoms with E-state index >= 15 is 0 Å². The van der Waals surface area contributed by atoms with Gasteiger partial charge in [0.05, 0.1) is 0 Å². The molecule has 0 amide bonds. The molecule has 72 valence electrons. The summed E-state index contributed by atoms with van der Waals surface area (Å²) in [5.74, 6) is -0.615. The fourth-order valence-corrected chi connectivity index (χ4v) is 1.20. The molecular formula is C9H9N3O2. The van der Waals surface area contributed by atoms with Crippen molar-refractivity contribution in [1.82, 2.24) is 14.4 Å². The van der Waals surface area contributed by atoms with Gasteiger partial charge in [0.25, 0.3) is 0 Å². The molecule has 2 aromatic heterocycles. The Morgan fingerprint density at radius 2 is 2.07 bits per heavy atom. The molecule has 0 unspecified atom stereocenters. The second-order valence-electron chi connectivity index (χ2n) is 3.15. The number of aryl methyl sites for hydroxylation is 2. The van der Waals surface area contributed by atoms with Crippen LogP contribution >= 0.6 is 0 Å². The first-order valence-corrected chi connectivity index (χ1v) is 4.14. The summed E-state index contributed by atoms with van der Waals surface area (Å²) in [5, 5.41) is 8.72. The lowest BCUT2D eigenvalue weighted by atomic mass is 10.3. The molecular weight excluding hydrogens is 182 g/mol. The number of hydrogen-bond acceptors (Lipinski definition) is 3. The number of aromatic nitrogens is 3. The Labute approximate surface area is 80.0 Å². The Kier molecular flexibility index (Phi) is 1.73. The normalized spacial score (nSPS) is 10.7. The lowest BCUT2D eigenvalue weighted by Crippen LogP contribution is -1.95. The molecule has 0 saturated heterocycles. The van der Waals surface area contributed by atoms with Crippen molar-refractivity contribution in [3.8, 4) is 0 Å². The summed E-state index contributed by atoms with van der Waals surface area (Å²) in [6, 6.07) is 0. The van der Waals surface area contributed by atoms with Gasteiger partial charge < -0.3 is 5.11 Å². The molecule has 14 heavy (non-hydrogen) atoms. The third-order valence-electron chi connectivity index (χ3n) is 2.10. The predicted molar refractivity (Wildman–Crippen MR) is 49.4 cm³/mol. The molecule has 2 aromatic rings. The van der Waals surface area contributed by atoms with Crippen molar-refractivity contribution in [3.63, 3.8) is 0 Å². The molecule has 0 aromatic carbocycles. The van der Waals surface area contributed by atoms with E-state index in [1.807, 2.05) is 20.0 Å². The summed E-state index contributed by atoms with van der Waals surface area (Å²) >= 11 is 0. The van der Waals surface area contributed by atoms with Crippen LogP contribution in [0, 0.1) is 13.8 Å². The number of carboxylic acid groups (broad SMARTS) is 1. The Balaban J connectivity index is 2.72. The van der Waals surface area contributed by atoms with E-state index in [1.54, 1.807) is 4.40 Å². The van der Waals surface area contributed by atoms with Crippen LogP contribution in [0.2, 0.25) is 0 Å². The maximum absolute atomic E-state index is 10.6. The van der Waals surface area contributed by atoms with Gasteiger partial charge in [0.1, 0.15) is 0 Å². The minimum atomic E-state index is -1.04. The van der Waals surface area contributed by atoms with Crippen molar-refractivity contribution in [2.45, 2.75) is 13.8 Å². The summed E-state index contributed by atoms with van der Waals surface area (Å²) < 4.78 is 1.62. The molecule has 1 N–H and O–H groups in total. The first-order valence-electron chi connectivity index (χ1n) is 4.14. The standard InChI is InChI=1S/C9H9N3O2/c1-5-3-12-4-7(8(13)14)11-9(12)10-6(5)2/h3-4H,1-2H3,(H,13,14). The Bertz CT molecular complexity index is 477. The van der Waals surface area contributed by atoms with Crippen molar-refractivity contribution < 1.29 is 9.90 Å². The van der Waals surface area contributed by atoms with Crippen LogP contribution in [0.25, 0.3) is 5.78 Å². The summed E-state index contributed by atoms with van der Waals surface area (Å²) in [5.41, 5.74) is 1.88. The summed E-state index contributed by atoms with van der Waals surface area (Å²) in [4.78, 5) is 18.7. The van der Waals surface area contributed by atoms with Crippen molar-refractivity contribution in [3.05, 3.63) is 29.3 Å². The number of fused-ring (bicyclic) bond motifs is 1. The van der Waals surface area contributed by atoms with Gasteiger partial charge in [-0.2, -0.15) is 0 Å². The van der Waals surface area contributed by atoms with Gasteiger partial charge in [-0.25, -0.2) is 14.8 Å². The number of imidazole rings is 1. The molecule has 0 bridgehead atoms. The number of hydrogen-bond donors (Lipinski definition) is 1. The summed E-state index contributed by atoms with van der Waals surface area (Å²) in [6.45, 7) is 3.78. The van der Waals surface area contributed by atoms with Crippen LogP contribution in [0.1, 0.15) is 21.7 Å². The van der Waals surface area contributed by atoms with E-state index in [-0.39, 0.29) is 5.69 Å². The second-order valence-corrected chi connectivity index (χ2v) is 3.15. The molecule has 0 aliphatic rings. The van der Waals surface area contributed by atoms with E-state index in [1.165, 1.54) is 6.20 Å². The van der Waals surface area contributed by atoms with E-state index < -0.39 is 5.97 Å². The van der Waals surface area contributed by atoms with Gasteiger partial charge in [-0.3, -0.25) is 4.40 Å². The third kappa shape index (κ3) is 1.22. The first-order chi connectivity index (χ1) is 6.58.